The first-order chi connectivity index (χ1) is 11.1. The number of benzene rings is 1. The van der Waals surface area contributed by atoms with Gasteiger partial charge in [0, 0.05) is 32.6 Å². The molecule has 7 heteroatoms. The fourth-order valence-corrected chi connectivity index (χ4v) is 2.46. The lowest BCUT2D eigenvalue weighted by molar-refractivity contribution is -0.142. The number of hydrogen-bond donors (Lipinski definition) is 1. The summed E-state index contributed by atoms with van der Waals surface area (Å²) < 4.78 is 4.78. The van der Waals surface area contributed by atoms with Gasteiger partial charge in [-0.15, -0.1) is 0 Å². The number of carbonyl (C=O) groups is 3. The molecule has 1 aromatic rings. The Labute approximate surface area is 135 Å². The largest absolute Gasteiger partial charge is 0.467 e. The number of esters is 1. The Hall–Kier alpha value is -2.57. The van der Waals surface area contributed by atoms with Gasteiger partial charge < -0.3 is 19.9 Å². The SMILES string of the molecule is COC(=O)C(Cc1ccccc1)NC(=O)N1CCN(C=O)CC1. The highest BCUT2D eigenvalue weighted by Crippen LogP contribution is 2.06. The molecule has 1 saturated heterocycles. The molecule has 1 aromatic carbocycles. The van der Waals surface area contributed by atoms with Crippen molar-refractivity contribution in [3.8, 4) is 0 Å². The van der Waals surface area contributed by atoms with Crippen LogP contribution < -0.4 is 5.32 Å². The summed E-state index contributed by atoms with van der Waals surface area (Å²) in [6.07, 6.45) is 1.15. The number of piperazine rings is 1. The number of ether oxygens (including phenoxy) is 1. The maximum absolute atomic E-state index is 12.3. The standard InChI is InChI=1S/C16H21N3O4/c1-23-15(21)14(11-13-5-3-2-4-6-13)17-16(22)19-9-7-18(12-20)8-10-19/h2-6,12,14H,7-11H2,1H3,(H,17,22). The lowest BCUT2D eigenvalue weighted by Gasteiger charge is -2.33. The van der Waals surface area contributed by atoms with E-state index in [0.29, 0.717) is 32.6 Å². The van der Waals surface area contributed by atoms with Crippen molar-refractivity contribution < 1.29 is 19.1 Å². The summed E-state index contributed by atoms with van der Waals surface area (Å²) in [5, 5.41) is 2.72. The van der Waals surface area contributed by atoms with Gasteiger partial charge in [0.1, 0.15) is 6.04 Å². The van der Waals surface area contributed by atoms with Crippen LogP contribution >= 0.6 is 0 Å². The second kappa shape index (κ2) is 8.17. The summed E-state index contributed by atoms with van der Waals surface area (Å²) in [6, 6.07) is 8.38. The summed E-state index contributed by atoms with van der Waals surface area (Å²) in [6.45, 7) is 1.89. The van der Waals surface area contributed by atoms with Crippen molar-refractivity contribution in [3.63, 3.8) is 0 Å². The van der Waals surface area contributed by atoms with Crippen molar-refractivity contribution in [3.05, 3.63) is 35.9 Å². The maximum atomic E-state index is 12.3. The molecule has 0 aromatic heterocycles. The molecule has 1 unspecified atom stereocenters. The van der Waals surface area contributed by atoms with E-state index < -0.39 is 12.0 Å². The zero-order valence-corrected chi connectivity index (χ0v) is 13.1. The normalized spacial score (nSPS) is 15.7. The number of methoxy groups -OCH3 is 1. The first kappa shape index (κ1) is 16.8. The van der Waals surface area contributed by atoms with E-state index in [1.165, 1.54) is 7.11 Å². The van der Waals surface area contributed by atoms with E-state index in [1.54, 1.807) is 9.80 Å². The lowest BCUT2D eigenvalue weighted by atomic mass is 10.1. The van der Waals surface area contributed by atoms with Crippen molar-refractivity contribution in [2.45, 2.75) is 12.5 Å². The highest BCUT2D eigenvalue weighted by atomic mass is 16.5. The second-order valence-corrected chi connectivity index (χ2v) is 5.34. The first-order valence-corrected chi connectivity index (χ1v) is 7.50. The molecule has 0 bridgehead atoms. The molecule has 0 radical (unpaired) electrons. The topological polar surface area (TPSA) is 79.0 Å². The molecule has 3 amide bonds. The van der Waals surface area contributed by atoms with Crippen LogP contribution in [-0.4, -0.2) is 67.5 Å². The molecule has 0 spiro atoms. The quantitative estimate of drug-likeness (QED) is 0.623. The van der Waals surface area contributed by atoms with E-state index in [0.717, 1.165) is 12.0 Å². The molecule has 1 N–H and O–H groups in total. The highest BCUT2D eigenvalue weighted by Gasteiger charge is 2.26. The van der Waals surface area contributed by atoms with Crippen molar-refractivity contribution in [1.82, 2.24) is 15.1 Å². The van der Waals surface area contributed by atoms with Crippen LogP contribution in [0.15, 0.2) is 30.3 Å². The maximum Gasteiger partial charge on any atom is 0.328 e. The first-order valence-electron chi connectivity index (χ1n) is 7.50. The fourth-order valence-electron chi connectivity index (χ4n) is 2.46. The van der Waals surface area contributed by atoms with Crippen LogP contribution in [0.4, 0.5) is 4.79 Å². The van der Waals surface area contributed by atoms with Gasteiger partial charge in [-0.1, -0.05) is 30.3 Å². The average molecular weight is 319 g/mol. The molecule has 0 saturated carbocycles. The van der Waals surface area contributed by atoms with E-state index in [2.05, 4.69) is 5.32 Å². The Morgan fingerprint density at radius 2 is 1.87 bits per heavy atom. The molecule has 1 heterocycles. The van der Waals surface area contributed by atoms with E-state index in [1.807, 2.05) is 30.3 Å². The van der Waals surface area contributed by atoms with Gasteiger partial charge in [-0.05, 0) is 5.56 Å². The second-order valence-electron chi connectivity index (χ2n) is 5.34. The Balaban J connectivity index is 1.96. The zero-order chi connectivity index (χ0) is 16.7. The third-order valence-electron chi connectivity index (χ3n) is 3.82. The Morgan fingerprint density at radius 3 is 2.43 bits per heavy atom. The molecule has 7 nitrogen and oxygen atoms in total. The van der Waals surface area contributed by atoms with Crippen molar-refractivity contribution in [2.75, 3.05) is 33.3 Å². The number of urea groups is 1. The number of nitrogens with zero attached hydrogens (tertiary/aromatic N) is 2. The molecular weight excluding hydrogens is 298 g/mol. The van der Waals surface area contributed by atoms with E-state index in [4.69, 9.17) is 4.74 Å². The Morgan fingerprint density at radius 1 is 1.22 bits per heavy atom. The monoisotopic (exact) mass is 319 g/mol. The molecular formula is C16H21N3O4. The van der Waals surface area contributed by atoms with E-state index >= 15 is 0 Å². The van der Waals surface area contributed by atoms with Gasteiger partial charge in [0.2, 0.25) is 6.41 Å². The minimum Gasteiger partial charge on any atom is -0.467 e. The minimum absolute atomic E-state index is 0.318. The summed E-state index contributed by atoms with van der Waals surface area (Å²) in [4.78, 5) is 38.1. The Bertz CT molecular complexity index is 542. The van der Waals surface area contributed by atoms with Crippen LogP contribution in [-0.2, 0) is 20.7 Å². The Kier molecular flexibility index (Phi) is 5.96. The highest BCUT2D eigenvalue weighted by molar-refractivity contribution is 5.84. The average Bonchev–Trinajstić information content (AvgIpc) is 2.61. The summed E-state index contributed by atoms with van der Waals surface area (Å²) in [5.74, 6) is -0.478. The van der Waals surface area contributed by atoms with Gasteiger partial charge >= 0.3 is 12.0 Å². The third-order valence-corrected chi connectivity index (χ3v) is 3.82. The molecule has 0 aliphatic carbocycles. The fraction of sp³-hybridized carbons (Fsp3) is 0.438. The smallest absolute Gasteiger partial charge is 0.328 e. The molecule has 1 aliphatic rings. The predicted molar refractivity (Wildman–Crippen MR) is 83.7 cm³/mol. The van der Waals surface area contributed by atoms with Gasteiger partial charge in [0.25, 0.3) is 0 Å². The van der Waals surface area contributed by atoms with Crippen molar-refractivity contribution >= 4 is 18.4 Å². The van der Waals surface area contributed by atoms with Crippen LogP contribution in [0.25, 0.3) is 0 Å². The molecule has 23 heavy (non-hydrogen) atoms. The lowest BCUT2D eigenvalue weighted by Crippen LogP contribution is -2.54. The molecule has 1 fully saturated rings. The number of rotatable bonds is 5. The third kappa shape index (κ3) is 4.70. The van der Waals surface area contributed by atoms with Gasteiger partial charge in [0.05, 0.1) is 7.11 Å². The minimum atomic E-state index is -0.737. The number of carbonyl (C=O) groups excluding carboxylic acids is 3. The van der Waals surface area contributed by atoms with Crippen LogP contribution in [0, 0.1) is 0 Å². The zero-order valence-electron chi connectivity index (χ0n) is 13.1. The summed E-state index contributed by atoms with van der Waals surface area (Å²) in [7, 11) is 1.30. The molecule has 1 atom stereocenters. The number of amides is 3. The van der Waals surface area contributed by atoms with E-state index in [-0.39, 0.29) is 6.03 Å². The van der Waals surface area contributed by atoms with Gasteiger partial charge in [-0.25, -0.2) is 9.59 Å². The van der Waals surface area contributed by atoms with Crippen molar-refractivity contribution in [1.29, 1.82) is 0 Å². The summed E-state index contributed by atoms with van der Waals surface area (Å²) in [5.41, 5.74) is 0.939. The molecule has 124 valence electrons. The van der Waals surface area contributed by atoms with Crippen LogP contribution in [0.3, 0.4) is 0 Å². The summed E-state index contributed by atoms with van der Waals surface area (Å²) >= 11 is 0. The van der Waals surface area contributed by atoms with E-state index in [9.17, 15) is 14.4 Å². The van der Waals surface area contributed by atoms with Gasteiger partial charge in [-0.3, -0.25) is 4.79 Å². The number of nitrogens with one attached hydrogen (secondary N) is 1. The van der Waals surface area contributed by atoms with Gasteiger partial charge in [-0.2, -0.15) is 0 Å². The van der Waals surface area contributed by atoms with Gasteiger partial charge in [0.15, 0.2) is 0 Å². The molecule has 1 aliphatic heterocycles. The predicted octanol–water partition coefficient (Wildman–Crippen LogP) is 0.254. The molecule has 2 rings (SSSR count). The number of hydrogen-bond acceptors (Lipinski definition) is 4. The van der Waals surface area contributed by atoms with Crippen LogP contribution in [0.2, 0.25) is 0 Å². The van der Waals surface area contributed by atoms with Crippen molar-refractivity contribution in [2.24, 2.45) is 0 Å². The van der Waals surface area contributed by atoms with Crippen LogP contribution in [0.5, 0.6) is 0 Å². The van der Waals surface area contributed by atoms with Crippen LogP contribution in [0.1, 0.15) is 5.56 Å².